The number of methoxy groups -OCH3 is 1. The number of hydrogen-bond acceptors (Lipinski definition) is 9. The summed E-state index contributed by atoms with van der Waals surface area (Å²) in [6, 6.07) is 0. The van der Waals surface area contributed by atoms with E-state index in [0.29, 0.717) is 32.3 Å². The second kappa shape index (κ2) is 9.88. The van der Waals surface area contributed by atoms with E-state index in [9.17, 15) is 24.9 Å². The SMILES string of the molecule is CO[C@@H]1[C@@H](O)[C@H](O[C@H]2CC[C@@]3(C=O)[C@@H](CC[C@H]4[C@H]3CC[C@]3(C)[C@H](C5=CC(=O)OC5)CC[C@]43O)C2)O[C@@H](C)[C@H]1O. The maximum absolute atomic E-state index is 13.0. The van der Waals surface area contributed by atoms with E-state index in [2.05, 4.69) is 6.92 Å². The molecule has 6 rings (SSSR count). The Hall–Kier alpha value is -1.36. The quantitative estimate of drug-likeness (QED) is 0.269. The Morgan fingerprint density at radius 3 is 2.54 bits per heavy atom. The first-order valence-corrected chi connectivity index (χ1v) is 14.8. The van der Waals surface area contributed by atoms with Crippen LogP contribution in [0.25, 0.3) is 0 Å². The minimum absolute atomic E-state index is 0.0482. The highest BCUT2D eigenvalue weighted by Gasteiger charge is 2.68. The predicted octanol–water partition coefficient (Wildman–Crippen LogP) is 2.29. The maximum Gasteiger partial charge on any atom is 0.331 e. The minimum Gasteiger partial charge on any atom is -0.458 e. The van der Waals surface area contributed by atoms with E-state index < -0.39 is 41.7 Å². The molecular formula is C30H44O9. The van der Waals surface area contributed by atoms with Gasteiger partial charge in [-0.05, 0) is 94.0 Å². The number of fused-ring (bicyclic) bond motifs is 5. The molecule has 9 heteroatoms. The molecule has 2 aliphatic heterocycles. The van der Waals surface area contributed by atoms with Crippen LogP contribution in [0.15, 0.2) is 11.6 Å². The first-order valence-electron chi connectivity index (χ1n) is 14.8. The molecule has 13 atom stereocenters. The van der Waals surface area contributed by atoms with Crippen molar-refractivity contribution in [3.8, 4) is 0 Å². The number of carbonyl (C=O) groups excluding carboxylic acids is 2. The molecule has 39 heavy (non-hydrogen) atoms. The molecular weight excluding hydrogens is 504 g/mol. The largest absolute Gasteiger partial charge is 0.458 e. The van der Waals surface area contributed by atoms with E-state index in [-0.39, 0.29) is 41.2 Å². The minimum atomic E-state index is -1.11. The van der Waals surface area contributed by atoms with Crippen molar-refractivity contribution in [2.24, 2.45) is 34.5 Å². The van der Waals surface area contributed by atoms with E-state index in [1.807, 2.05) is 0 Å². The van der Waals surface area contributed by atoms with Crippen molar-refractivity contribution in [3.05, 3.63) is 11.6 Å². The van der Waals surface area contributed by atoms with Gasteiger partial charge in [0, 0.05) is 24.0 Å². The van der Waals surface area contributed by atoms with Gasteiger partial charge in [-0.15, -0.1) is 0 Å². The Labute approximate surface area is 230 Å². The smallest absolute Gasteiger partial charge is 0.331 e. The highest BCUT2D eigenvalue weighted by molar-refractivity contribution is 5.85. The Kier molecular flexibility index (Phi) is 7.04. The Balaban J connectivity index is 1.18. The molecule has 0 aromatic rings. The van der Waals surface area contributed by atoms with Crippen LogP contribution >= 0.6 is 0 Å². The third kappa shape index (κ3) is 4.02. The number of aliphatic hydroxyl groups is 3. The van der Waals surface area contributed by atoms with Crippen LogP contribution in [0.5, 0.6) is 0 Å². The van der Waals surface area contributed by atoms with E-state index in [4.69, 9.17) is 18.9 Å². The molecule has 0 bridgehead atoms. The first kappa shape index (κ1) is 27.8. The zero-order chi connectivity index (χ0) is 27.7. The zero-order valence-corrected chi connectivity index (χ0v) is 23.3. The number of carbonyl (C=O) groups is 2. The van der Waals surface area contributed by atoms with Gasteiger partial charge in [0.2, 0.25) is 0 Å². The highest BCUT2D eigenvalue weighted by atomic mass is 16.7. The topological polar surface area (TPSA) is 132 Å². The fraction of sp³-hybridized carbons (Fsp3) is 0.867. The van der Waals surface area contributed by atoms with Crippen molar-refractivity contribution in [1.29, 1.82) is 0 Å². The molecule has 6 aliphatic rings. The van der Waals surface area contributed by atoms with Crippen molar-refractivity contribution >= 4 is 12.3 Å². The van der Waals surface area contributed by atoms with Gasteiger partial charge < -0.3 is 39.1 Å². The van der Waals surface area contributed by atoms with Gasteiger partial charge in [0.1, 0.15) is 31.2 Å². The summed E-state index contributed by atoms with van der Waals surface area (Å²) in [6.45, 7) is 4.25. The Bertz CT molecular complexity index is 1010. The summed E-state index contributed by atoms with van der Waals surface area (Å²) in [7, 11) is 1.46. The Morgan fingerprint density at radius 1 is 1.05 bits per heavy atom. The molecule has 218 valence electrons. The van der Waals surface area contributed by atoms with Crippen molar-refractivity contribution in [2.75, 3.05) is 13.7 Å². The van der Waals surface area contributed by atoms with Crippen LogP contribution in [0.1, 0.15) is 71.6 Å². The van der Waals surface area contributed by atoms with Crippen molar-refractivity contribution in [1.82, 2.24) is 0 Å². The molecule has 0 aromatic heterocycles. The van der Waals surface area contributed by atoms with Crippen molar-refractivity contribution in [2.45, 2.75) is 114 Å². The Morgan fingerprint density at radius 2 is 1.85 bits per heavy atom. The fourth-order valence-corrected chi connectivity index (χ4v) is 10.00. The molecule has 1 saturated heterocycles. The second-order valence-corrected chi connectivity index (χ2v) is 13.4. The van der Waals surface area contributed by atoms with Crippen LogP contribution < -0.4 is 0 Å². The molecule has 5 fully saturated rings. The fourth-order valence-electron chi connectivity index (χ4n) is 10.00. The maximum atomic E-state index is 13.0. The molecule has 4 aliphatic carbocycles. The summed E-state index contributed by atoms with van der Waals surface area (Å²) in [5.74, 6) is 0.152. The van der Waals surface area contributed by atoms with Gasteiger partial charge >= 0.3 is 5.97 Å². The van der Waals surface area contributed by atoms with Crippen LogP contribution in [0.3, 0.4) is 0 Å². The molecule has 0 spiro atoms. The van der Waals surface area contributed by atoms with Gasteiger partial charge in [0.25, 0.3) is 0 Å². The van der Waals surface area contributed by atoms with Gasteiger partial charge in [0.15, 0.2) is 6.29 Å². The van der Waals surface area contributed by atoms with E-state index in [0.717, 1.165) is 37.7 Å². The molecule has 9 nitrogen and oxygen atoms in total. The molecule has 3 N–H and O–H groups in total. The molecule has 4 saturated carbocycles. The summed E-state index contributed by atoms with van der Waals surface area (Å²) in [6.07, 6.45) is 5.39. The molecule has 0 unspecified atom stereocenters. The summed E-state index contributed by atoms with van der Waals surface area (Å²) in [5.41, 5.74) is -0.682. The first-order chi connectivity index (χ1) is 18.6. The number of ether oxygens (including phenoxy) is 4. The standard InChI is InChI=1S/C30H44O9/c1-16-24(33)26(36-3)25(34)27(38-16)39-19-6-10-29(15-31)18(13-19)4-5-22-21(29)7-9-28(2)20(8-11-30(22,28)35)17-12-23(32)37-14-17/h12,15-16,18-22,24-27,33-35H,4-11,13-14H2,1-3H3/t16-,18-,19-,20-,21+,22-,24+,25+,26-,27-,28+,29+,30-/m0/s1. The van der Waals surface area contributed by atoms with Gasteiger partial charge in [-0.1, -0.05) is 6.92 Å². The predicted molar refractivity (Wildman–Crippen MR) is 138 cm³/mol. The normalized spacial score (nSPS) is 53.3. The average Bonchev–Trinajstić information content (AvgIpc) is 3.47. The lowest BCUT2D eigenvalue weighted by molar-refractivity contribution is -0.312. The number of aldehydes is 1. The van der Waals surface area contributed by atoms with Crippen LogP contribution in [-0.2, 0) is 28.5 Å². The highest BCUT2D eigenvalue weighted by Crippen LogP contribution is 2.69. The summed E-state index contributed by atoms with van der Waals surface area (Å²) >= 11 is 0. The molecule has 0 aromatic carbocycles. The summed E-state index contributed by atoms with van der Waals surface area (Å²) < 4.78 is 22.6. The lowest BCUT2D eigenvalue weighted by Crippen LogP contribution is -2.63. The van der Waals surface area contributed by atoms with Crippen LogP contribution in [-0.4, -0.2) is 83.7 Å². The monoisotopic (exact) mass is 548 g/mol. The molecule has 2 heterocycles. The van der Waals surface area contributed by atoms with Crippen LogP contribution in [0.4, 0.5) is 0 Å². The number of rotatable bonds is 5. The van der Waals surface area contributed by atoms with Gasteiger partial charge in [-0.3, -0.25) is 0 Å². The molecule has 0 amide bonds. The number of aliphatic hydroxyl groups excluding tert-OH is 2. The van der Waals surface area contributed by atoms with Gasteiger partial charge in [0.05, 0.1) is 17.8 Å². The van der Waals surface area contributed by atoms with Crippen molar-refractivity contribution in [3.63, 3.8) is 0 Å². The van der Waals surface area contributed by atoms with E-state index >= 15 is 0 Å². The van der Waals surface area contributed by atoms with Gasteiger partial charge in [-0.25, -0.2) is 4.79 Å². The number of hydrogen-bond donors (Lipinski definition) is 3. The number of esters is 1. The lowest BCUT2D eigenvalue weighted by Gasteiger charge is -2.63. The van der Waals surface area contributed by atoms with E-state index in [1.54, 1.807) is 13.0 Å². The lowest BCUT2D eigenvalue weighted by atomic mass is 9.43. The van der Waals surface area contributed by atoms with E-state index in [1.165, 1.54) is 13.4 Å². The third-order valence-electron chi connectivity index (χ3n) is 12.1. The van der Waals surface area contributed by atoms with Crippen molar-refractivity contribution < 1.29 is 43.9 Å². The van der Waals surface area contributed by atoms with Crippen LogP contribution in [0.2, 0.25) is 0 Å². The summed E-state index contributed by atoms with van der Waals surface area (Å²) in [5, 5.41) is 33.4. The third-order valence-corrected chi connectivity index (χ3v) is 12.1. The number of cyclic esters (lactones) is 1. The van der Waals surface area contributed by atoms with Crippen LogP contribution in [0, 0.1) is 34.5 Å². The average molecular weight is 549 g/mol. The zero-order valence-electron chi connectivity index (χ0n) is 23.3. The van der Waals surface area contributed by atoms with Gasteiger partial charge in [-0.2, -0.15) is 0 Å². The second-order valence-electron chi connectivity index (χ2n) is 13.4. The molecule has 0 radical (unpaired) electrons. The summed E-state index contributed by atoms with van der Waals surface area (Å²) in [4.78, 5) is 24.8.